The molecule has 1 aliphatic heterocycles. The molecule has 1 aliphatic rings. The molecule has 1 fully saturated rings. The largest absolute Gasteiger partial charge is 0.330 e. The van der Waals surface area contributed by atoms with Crippen LogP contribution >= 0.6 is 0 Å². The van der Waals surface area contributed by atoms with Crippen LogP contribution in [0, 0.1) is 0 Å². The van der Waals surface area contributed by atoms with Crippen LogP contribution in [0.15, 0.2) is 9.59 Å². The van der Waals surface area contributed by atoms with E-state index in [-0.39, 0.29) is 11.2 Å². The van der Waals surface area contributed by atoms with Crippen molar-refractivity contribution < 1.29 is 0 Å². The quantitative estimate of drug-likeness (QED) is 0.775. The summed E-state index contributed by atoms with van der Waals surface area (Å²) in [6.45, 7) is 7.08. The van der Waals surface area contributed by atoms with E-state index in [2.05, 4.69) is 20.2 Å². The van der Waals surface area contributed by atoms with Crippen LogP contribution in [0.4, 0.5) is 0 Å². The Morgan fingerprint density at radius 3 is 2.64 bits per heavy atom. The van der Waals surface area contributed by atoms with E-state index in [1.54, 1.807) is 4.57 Å². The molecule has 2 aromatic heterocycles. The average Bonchev–Trinajstić information content (AvgIpc) is 2.82. The molecule has 0 saturated carbocycles. The van der Waals surface area contributed by atoms with Gasteiger partial charge >= 0.3 is 5.69 Å². The summed E-state index contributed by atoms with van der Waals surface area (Å²) in [4.78, 5) is 33.4. The van der Waals surface area contributed by atoms with Crippen LogP contribution in [-0.2, 0) is 20.1 Å². The number of aromatic nitrogens is 4. The van der Waals surface area contributed by atoms with Gasteiger partial charge in [-0.2, -0.15) is 0 Å². The van der Waals surface area contributed by atoms with Gasteiger partial charge in [-0.05, 0) is 6.42 Å². The number of aryl methyl sites for hydroxylation is 2. The molecule has 1 saturated heterocycles. The smallest absolute Gasteiger partial charge is 0.324 e. The molecule has 0 spiro atoms. The van der Waals surface area contributed by atoms with Crippen LogP contribution in [0.1, 0.15) is 19.2 Å². The lowest BCUT2D eigenvalue weighted by atomic mass is 10.3. The van der Waals surface area contributed by atoms with Gasteiger partial charge in [-0.25, -0.2) is 9.78 Å². The van der Waals surface area contributed by atoms with Gasteiger partial charge in [0.25, 0.3) is 5.56 Å². The molecule has 3 rings (SSSR count). The summed E-state index contributed by atoms with van der Waals surface area (Å²) in [5.74, 6) is 0.817. The second-order valence-corrected chi connectivity index (χ2v) is 5.70. The summed E-state index contributed by atoms with van der Waals surface area (Å²) in [6, 6.07) is 0. The lowest BCUT2D eigenvalue weighted by molar-refractivity contribution is 0.226. The van der Waals surface area contributed by atoms with E-state index in [0.29, 0.717) is 24.3 Å². The molecular formula is C14H22N6O2. The first kappa shape index (κ1) is 15.0. The second kappa shape index (κ2) is 6.05. The number of aromatic amines is 1. The van der Waals surface area contributed by atoms with Gasteiger partial charge in [0, 0.05) is 39.8 Å². The van der Waals surface area contributed by atoms with Gasteiger partial charge in [0.2, 0.25) is 0 Å². The number of imidazole rings is 1. The maximum absolute atomic E-state index is 12.1. The average molecular weight is 306 g/mol. The lowest BCUT2D eigenvalue weighted by Crippen LogP contribution is -2.43. The Balaban J connectivity index is 2.07. The normalized spacial score (nSPS) is 16.5. The van der Waals surface area contributed by atoms with Gasteiger partial charge in [0.15, 0.2) is 11.2 Å². The predicted molar refractivity (Wildman–Crippen MR) is 84.0 cm³/mol. The van der Waals surface area contributed by atoms with Crippen molar-refractivity contribution in [1.82, 2.24) is 29.3 Å². The van der Waals surface area contributed by atoms with Crippen LogP contribution in [-0.4, -0.2) is 50.2 Å². The first-order valence-corrected chi connectivity index (χ1v) is 7.73. The van der Waals surface area contributed by atoms with Crippen molar-refractivity contribution in [2.24, 2.45) is 7.05 Å². The Hall–Kier alpha value is -1.93. The molecule has 8 heteroatoms. The van der Waals surface area contributed by atoms with Crippen molar-refractivity contribution in [3.05, 3.63) is 26.7 Å². The Kier molecular flexibility index (Phi) is 4.12. The molecule has 0 aromatic carbocycles. The van der Waals surface area contributed by atoms with Crippen LogP contribution < -0.4 is 16.6 Å². The third kappa shape index (κ3) is 2.59. The molecule has 2 N–H and O–H groups in total. The van der Waals surface area contributed by atoms with Crippen molar-refractivity contribution in [3.8, 4) is 0 Å². The lowest BCUT2D eigenvalue weighted by Gasteiger charge is -2.26. The molecule has 8 nitrogen and oxygen atoms in total. The number of H-pyrrole nitrogens is 1. The fraction of sp³-hybridized carbons (Fsp3) is 0.643. The fourth-order valence-electron chi connectivity index (χ4n) is 2.93. The molecule has 22 heavy (non-hydrogen) atoms. The molecule has 0 radical (unpaired) electrons. The summed E-state index contributed by atoms with van der Waals surface area (Å²) in [5.41, 5.74) is 0.210. The van der Waals surface area contributed by atoms with Crippen molar-refractivity contribution in [2.45, 2.75) is 26.4 Å². The van der Waals surface area contributed by atoms with Gasteiger partial charge in [0.05, 0.1) is 6.54 Å². The Morgan fingerprint density at radius 2 is 1.95 bits per heavy atom. The zero-order valence-corrected chi connectivity index (χ0v) is 13.1. The summed E-state index contributed by atoms with van der Waals surface area (Å²) >= 11 is 0. The zero-order chi connectivity index (χ0) is 15.7. The maximum atomic E-state index is 12.1. The summed E-state index contributed by atoms with van der Waals surface area (Å²) in [6.07, 6.45) is 0.810. The molecule has 0 atom stereocenters. The summed E-state index contributed by atoms with van der Waals surface area (Å²) in [7, 11) is 1.84. The number of hydrogen-bond acceptors (Lipinski definition) is 5. The van der Waals surface area contributed by atoms with E-state index in [1.165, 1.54) is 0 Å². The van der Waals surface area contributed by atoms with E-state index in [1.807, 2.05) is 18.5 Å². The SMILES string of the molecule is CCCn1c(=O)[nH]c(=O)c2c1nc(CN1CCNCC1)n2C. The molecular weight excluding hydrogens is 284 g/mol. The van der Waals surface area contributed by atoms with Crippen molar-refractivity contribution in [1.29, 1.82) is 0 Å². The molecule has 0 unspecified atom stereocenters. The summed E-state index contributed by atoms with van der Waals surface area (Å²) < 4.78 is 3.36. The van der Waals surface area contributed by atoms with Gasteiger partial charge < -0.3 is 9.88 Å². The molecule has 0 amide bonds. The number of piperazine rings is 1. The highest BCUT2D eigenvalue weighted by Crippen LogP contribution is 2.12. The molecule has 0 bridgehead atoms. The van der Waals surface area contributed by atoms with Crippen LogP contribution in [0.3, 0.4) is 0 Å². The highest BCUT2D eigenvalue weighted by Gasteiger charge is 2.18. The highest BCUT2D eigenvalue weighted by molar-refractivity contribution is 5.70. The number of fused-ring (bicyclic) bond motifs is 1. The molecule has 3 heterocycles. The molecule has 2 aromatic rings. The van der Waals surface area contributed by atoms with Gasteiger partial charge in [0.1, 0.15) is 5.82 Å². The Bertz CT molecular complexity index is 781. The standard InChI is InChI=1S/C14H22N6O2/c1-3-6-20-12-11(13(21)17-14(20)22)18(2)10(16-12)9-19-7-4-15-5-8-19/h15H,3-9H2,1-2H3,(H,17,21,22). The van der Waals surface area contributed by atoms with Gasteiger partial charge in [-0.1, -0.05) is 6.92 Å². The first-order chi connectivity index (χ1) is 10.6. The molecule has 120 valence electrons. The fourth-order valence-corrected chi connectivity index (χ4v) is 2.93. The van der Waals surface area contributed by atoms with Crippen LogP contribution in [0.25, 0.3) is 11.2 Å². The number of nitrogens with zero attached hydrogens (tertiary/aromatic N) is 4. The second-order valence-electron chi connectivity index (χ2n) is 5.70. The van der Waals surface area contributed by atoms with Crippen molar-refractivity contribution in [3.63, 3.8) is 0 Å². The minimum atomic E-state index is -0.383. The third-order valence-corrected chi connectivity index (χ3v) is 4.13. The van der Waals surface area contributed by atoms with E-state index in [0.717, 1.165) is 38.4 Å². The van der Waals surface area contributed by atoms with E-state index in [9.17, 15) is 9.59 Å². The van der Waals surface area contributed by atoms with Crippen molar-refractivity contribution >= 4 is 11.2 Å². The highest BCUT2D eigenvalue weighted by atomic mass is 16.2. The van der Waals surface area contributed by atoms with Crippen LogP contribution in [0.5, 0.6) is 0 Å². The number of hydrogen-bond donors (Lipinski definition) is 2. The van der Waals surface area contributed by atoms with E-state index < -0.39 is 0 Å². The van der Waals surface area contributed by atoms with Crippen LogP contribution in [0.2, 0.25) is 0 Å². The monoisotopic (exact) mass is 306 g/mol. The topological polar surface area (TPSA) is 87.9 Å². The Morgan fingerprint density at radius 1 is 1.23 bits per heavy atom. The van der Waals surface area contributed by atoms with Gasteiger partial charge in [-0.15, -0.1) is 0 Å². The zero-order valence-electron chi connectivity index (χ0n) is 13.1. The third-order valence-electron chi connectivity index (χ3n) is 4.13. The van der Waals surface area contributed by atoms with E-state index in [4.69, 9.17) is 0 Å². The Labute approximate surface area is 127 Å². The number of rotatable bonds is 4. The predicted octanol–water partition coefficient (Wildman–Crippen LogP) is -0.761. The minimum Gasteiger partial charge on any atom is -0.324 e. The maximum Gasteiger partial charge on any atom is 0.330 e. The van der Waals surface area contributed by atoms with Gasteiger partial charge in [-0.3, -0.25) is 19.2 Å². The van der Waals surface area contributed by atoms with Crippen molar-refractivity contribution in [2.75, 3.05) is 26.2 Å². The minimum absolute atomic E-state index is 0.367. The summed E-state index contributed by atoms with van der Waals surface area (Å²) in [5, 5.41) is 3.31. The van der Waals surface area contributed by atoms with E-state index >= 15 is 0 Å². The molecule has 0 aliphatic carbocycles. The number of nitrogens with one attached hydrogen (secondary N) is 2. The first-order valence-electron chi connectivity index (χ1n) is 7.73.